The SMILES string of the molecule is CCCCCCCCCCCC(=O)O[C@H](CCCCCCCCCCC)CC(=O)N[C@H]1[C@H](OC[C@H]2O[C@H](O)[C@@](NC(=O)C[C@H](O)CCCCCCCCCCC)(C(O)CC)[C@@H](OC(O)CC)[C@@H]2O)O[C@H](CO)[C@@H](OP(=O)(O)O)[C@@H]1O. The lowest BCUT2D eigenvalue weighted by atomic mass is 9.77. The quantitative estimate of drug-likeness (QED) is 0.0120. The molecule has 11 N–H and O–H groups in total. The van der Waals surface area contributed by atoms with E-state index in [1.54, 1.807) is 13.8 Å². The van der Waals surface area contributed by atoms with Gasteiger partial charge in [-0.3, -0.25) is 18.9 Å². The van der Waals surface area contributed by atoms with E-state index in [2.05, 4.69) is 31.4 Å². The Labute approximate surface area is 478 Å². The van der Waals surface area contributed by atoms with Crippen LogP contribution in [0.25, 0.3) is 0 Å². The summed E-state index contributed by atoms with van der Waals surface area (Å²) in [4.78, 5) is 60.6. The van der Waals surface area contributed by atoms with E-state index in [-0.39, 0.29) is 25.7 Å². The van der Waals surface area contributed by atoms with Crippen molar-refractivity contribution in [2.75, 3.05) is 13.2 Å². The number of nitrogens with one attached hydrogen (secondary N) is 2. The topological polar surface area (TPSA) is 330 Å². The highest BCUT2D eigenvalue weighted by molar-refractivity contribution is 7.46. The summed E-state index contributed by atoms with van der Waals surface area (Å²) < 4.78 is 46.6. The fourth-order valence-electron chi connectivity index (χ4n) is 10.8. The predicted molar refractivity (Wildman–Crippen MR) is 302 cm³/mol. The number of phosphoric acid groups is 1. The highest BCUT2D eigenvalue weighted by atomic mass is 31.2. The fourth-order valence-corrected chi connectivity index (χ4v) is 11.4. The molecule has 21 nitrogen and oxygen atoms in total. The molecular formula is C58H111N2O19P. The van der Waals surface area contributed by atoms with Crippen LogP contribution in [0.4, 0.5) is 0 Å². The zero-order chi connectivity index (χ0) is 59.4. The van der Waals surface area contributed by atoms with Gasteiger partial charge in [0.2, 0.25) is 11.8 Å². The molecule has 0 aromatic carbocycles. The standard InChI is InChI=1S/C58H111N2O19P/c1-6-11-14-17-20-23-26-29-32-35-42(62)38-48(65)60-58(46(63)9-4)55(78-49(66)10-5)52(68)45(77-57(58)70)41-74-56-51(53(69)54(44(40-61)76-56)79-80(71,72)73)59-47(64)39-43(36-33-30-27-24-21-18-15-12-7-2)75-50(67)37-34-31-28-25-22-19-16-13-8-3/h42-46,49,51-57,61-63,66,68-70H,6-41H2,1-5H3,(H,59,64)(H,60,65)(H2,71,72,73)/t42-,43-,44-,45-,46?,49?,51-,52-,53-,54-,55+,56-,57+,58-/m1/s1. The molecule has 2 fully saturated rings. The van der Waals surface area contributed by atoms with Crippen LogP contribution in [0.3, 0.4) is 0 Å². The average Bonchev–Trinajstić information content (AvgIpc) is 3.42. The van der Waals surface area contributed by atoms with E-state index in [0.717, 1.165) is 89.9 Å². The number of esters is 1. The van der Waals surface area contributed by atoms with Crippen LogP contribution in [0.5, 0.6) is 0 Å². The molecule has 0 aliphatic carbocycles. The van der Waals surface area contributed by atoms with Crippen molar-refractivity contribution in [2.24, 2.45) is 0 Å². The van der Waals surface area contributed by atoms with Crippen LogP contribution in [0.15, 0.2) is 0 Å². The van der Waals surface area contributed by atoms with E-state index in [4.69, 9.17) is 28.2 Å². The number of hydrogen-bond acceptors (Lipinski definition) is 17. The van der Waals surface area contributed by atoms with Crippen LogP contribution in [0, 0.1) is 0 Å². The van der Waals surface area contributed by atoms with Gasteiger partial charge in [-0.15, -0.1) is 0 Å². The molecule has 0 spiro atoms. The monoisotopic (exact) mass is 1170 g/mol. The van der Waals surface area contributed by atoms with Gasteiger partial charge in [-0.05, 0) is 38.5 Å². The van der Waals surface area contributed by atoms with Gasteiger partial charge in [0.05, 0.1) is 38.3 Å². The third-order valence-corrected chi connectivity index (χ3v) is 16.1. The van der Waals surface area contributed by atoms with E-state index in [1.807, 2.05) is 0 Å². The predicted octanol–water partition coefficient (Wildman–Crippen LogP) is 7.68. The molecule has 0 aromatic rings. The Morgan fingerprint density at radius 2 is 1.11 bits per heavy atom. The minimum atomic E-state index is -5.36. The van der Waals surface area contributed by atoms with Crippen molar-refractivity contribution in [1.29, 1.82) is 0 Å². The molecule has 0 radical (unpaired) electrons. The molecule has 2 aliphatic heterocycles. The number of ether oxygens (including phenoxy) is 5. The number of amides is 2. The number of rotatable bonds is 48. The first-order valence-corrected chi connectivity index (χ1v) is 32.7. The number of hydrogen-bond donors (Lipinski definition) is 11. The second-order valence-corrected chi connectivity index (χ2v) is 23.7. The molecule has 14 atom stereocenters. The van der Waals surface area contributed by atoms with Gasteiger partial charge in [-0.1, -0.05) is 195 Å². The van der Waals surface area contributed by atoms with Crippen molar-refractivity contribution < 1.29 is 92.7 Å². The minimum absolute atomic E-state index is 0.0286. The van der Waals surface area contributed by atoms with E-state index in [0.29, 0.717) is 32.1 Å². The molecule has 2 rings (SSSR count). The van der Waals surface area contributed by atoms with E-state index in [9.17, 15) is 64.5 Å². The van der Waals surface area contributed by atoms with Crippen molar-refractivity contribution >= 4 is 25.6 Å². The normalized spacial score (nSPS) is 25.9. The summed E-state index contributed by atoms with van der Waals surface area (Å²) in [6.45, 7) is 7.91. The molecule has 2 heterocycles. The summed E-state index contributed by atoms with van der Waals surface area (Å²) in [5.41, 5.74) is -2.32. The van der Waals surface area contributed by atoms with Crippen LogP contribution in [0.1, 0.15) is 253 Å². The van der Waals surface area contributed by atoms with Crippen LogP contribution < -0.4 is 10.6 Å². The fraction of sp³-hybridized carbons (Fsp3) is 0.948. The first kappa shape index (κ1) is 74.2. The second kappa shape index (κ2) is 42.8. The molecule has 2 amide bonds. The van der Waals surface area contributed by atoms with Crippen molar-refractivity contribution in [3.8, 4) is 0 Å². The van der Waals surface area contributed by atoms with Crippen molar-refractivity contribution in [1.82, 2.24) is 10.6 Å². The zero-order valence-corrected chi connectivity index (χ0v) is 50.4. The third kappa shape index (κ3) is 28.8. The number of aliphatic hydroxyl groups is 7. The Kier molecular flexibility index (Phi) is 39.7. The van der Waals surface area contributed by atoms with E-state index < -0.39 is 131 Å². The van der Waals surface area contributed by atoms with Crippen molar-refractivity contribution in [2.45, 2.75) is 338 Å². The highest BCUT2D eigenvalue weighted by Gasteiger charge is 2.62. The average molecular weight is 1170 g/mol. The van der Waals surface area contributed by atoms with Gasteiger partial charge in [0.1, 0.15) is 54.3 Å². The molecular weight excluding hydrogens is 1060 g/mol. The third-order valence-electron chi connectivity index (χ3n) is 15.6. The van der Waals surface area contributed by atoms with E-state index in [1.165, 1.54) is 64.2 Å². The second-order valence-electron chi connectivity index (χ2n) is 22.5. The number of aliphatic hydroxyl groups excluding tert-OH is 7. The Hall–Kier alpha value is -1.92. The first-order valence-electron chi connectivity index (χ1n) is 31.1. The minimum Gasteiger partial charge on any atom is -0.462 e. The molecule has 0 bridgehead atoms. The maximum atomic E-state index is 14.1. The summed E-state index contributed by atoms with van der Waals surface area (Å²) in [6.07, 6.45) is 8.29. The summed E-state index contributed by atoms with van der Waals surface area (Å²) in [6, 6.07) is -1.70. The number of carbonyl (C=O) groups is 3. The molecule has 0 saturated carbocycles. The van der Waals surface area contributed by atoms with Crippen LogP contribution >= 0.6 is 7.82 Å². The molecule has 2 aliphatic rings. The molecule has 80 heavy (non-hydrogen) atoms. The lowest BCUT2D eigenvalue weighted by Crippen LogP contribution is -2.78. The summed E-state index contributed by atoms with van der Waals surface area (Å²) >= 11 is 0. The maximum Gasteiger partial charge on any atom is 0.470 e. The molecule has 0 aromatic heterocycles. The van der Waals surface area contributed by atoms with Crippen molar-refractivity contribution in [3.63, 3.8) is 0 Å². The van der Waals surface area contributed by atoms with Crippen LogP contribution in [0.2, 0.25) is 0 Å². The van der Waals surface area contributed by atoms with Gasteiger partial charge >= 0.3 is 13.8 Å². The van der Waals surface area contributed by atoms with Gasteiger partial charge < -0.3 is 79.9 Å². The Morgan fingerprint density at radius 3 is 1.60 bits per heavy atom. The van der Waals surface area contributed by atoms with Gasteiger partial charge in [0.25, 0.3) is 0 Å². The van der Waals surface area contributed by atoms with Gasteiger partial charge in [0, 0.05) is 6.42 Å². The van der Waals surface area contributed by atoms with Gasteiger partial charge in [-0.25, -0.2) is 4.57 Å². The summed E-state index contributed by atoms with van der Waals surface area (Å²) in [7, 11) is -5.36. The van der Waals surface area contributed by atoms with Gasteiger partial charge in [-0.2, -0.15) is 0 Å². The maximum absolute atomic E-state index is 14.1. The number of carbonyl (C=O) groups excluding carboxylic acids is 3. The molecule has 2 saturated heterocycles. The molecule has 22 heteroatoms. The van der Waals surface area contributed by atoms with Crippen molar-refractivity contribution in [3.05, 3.63) is 0 Å². The summed E-state index contributed by atoms with van der Waals surface area (Å²) in [5.74, 6) is -2.03. The summed E-state index contributed by atoms with van der Waals surface area (Å²) in [5, 5.41) is 84.4. The zero-order valence-electron chi connectivity index (χ0n) is 49.5. The van der Waals surface area contributed by atoms with Gasteiger partial charge in [0.15, 0.2) is 18.9 Å². The Morgan fingerprint density at radius 1 is 0.613 bits per heavy atom. The lowest BCUT2D eigenvalue weighted by Gasteiger charge is -2.53. The van der Waals surface area contributed by atoms with Crippen LogP contribution in [-0.4, -0.2) is 162 Å². The Bertz CT molecular complexity index is 1670. The number of unbranched alkanes of at least 4 members (excludes halogenated alkanes) is 24. The van der Waals surface area contributed by atoms with E-state index >= 15 is 0 Å². The molecule has 2 unspecified atom stereocenters. The largest absolute Gasteiger partial charge is 0.470 e. The van der Waals surface area contributed by atoms with Crippen LogP contribution in [-0.2, 0) is 47.2 Å². The highest BCUT2D eigenvalue weighted by Crippen LogP contribution is 2.42. The number of phosphoric ester groups is 1. The smallest absolute Gasteiger partial charge is 0.462 e. The molecule has 472 valence electrons. The lowest BCUT2D eigenvalue weighted by molar-refractivity contribution is -0.337. The Balaban J connectivity index is 2.33. The first-order chi connectivity index (χ1) is 38.3.